The van der Waals surface area contributed by atoms with E-state index in [1.807, 2.05) is 51.1 Å². The number of nitrogens with zero attached hydrogens (tertiary/aromatic N) is 1. The zero-order valence-corrected chi connectivity index (χ0v) is 19.1. The third kappa shape index (κ3) is 4.91. The molecule has 0 atom stereocenters. The summed E-state index contributed by atoms with van der Waals surface area (Å²) in [6.45, 7) is 10.2. The molecule has 1 fully saturated rings. The molecule has 2 aromatic rings. The zero-order chi connectivity index (χ0) is 21.9. The molecule has 1 aliphatic heterocycles. The van der Waals surface area contributed by atoms with Gasteiger partial charge in [0.1, 0.15) is 0 Å². The molecule has 0 spiro atoms. The topological polar surface area (TPSA) is 70.9 Å². The fourth-order valence-electron chi connectivity index (χ4n) is 3.96. The largest absolute Gasteiger partial charge is 0.325 e. The van der Waals surface area contributed by atoms with Gasteiger partial charge in [0.15, 0.2) is 6.54 Å². The molecule has 0 aromatic heterocycles. The molecular weight excluding hydrogens is 398 g/mol. The van der Waals surface area contributed by atoms with Crippen LogP contribution in [0.4, 0.5) is 5.69 Å². The van der Waals surface area contributed by atoms with Gasteiger partial charge in [-0.05, 0) is 55.5 Å². The van der Waals surface area contributed by atoms with Crippen LogP contribution >= 0.6 is 0 Å². The van der Waals surface area contributed by atoms with E-state index in [0.717, 1.165) is 39.3 Å². The van der Waals surface area contributed by atoms with Crippen LogP contribution in [0, 0.1) is 20.8 Å². The molecular formula is C23H32N3O3S+. The standard InChI is InChI=1S/C23H31N3O3S/c1-5-20-8-6-7-19(4)23(20)24-22(27)16-25-11-13-26(14-12-25)30(28,29)21-15-17(2)9-10-18(21)3/h6-10,15H,5,11-14,16H2,1-4H3,(H,24,27)/p+1. The van der Waals surface area contributed by atoms with Gasteiger partial charge in [-0.25, -0.2) is 8.42 Å². The maximum absolute atomic E-state index is 13.1. The highest BCUT2D eigenvalue weighted by molar-refractivity contribution is 7.89. The summed E-state index contributed by atoms with van der Waals surface area (Å²) in [6, 6.07) is 11.6. The van der Waals surface area contributed by atoms with Crippen LogP contribution in [0.1, 0.15) is 29.2 Å². The van der Waals surface area contributed by atoms with Crippen molar-refractivity contribution in [2.24, 2.45) is 0 Å². The fourth-order valence-corrected chi connectivity index (χ4v) is 5.71. The van der Waals surface area contributed by atoms with E-state index < -0.39 is 10.0 Å². The lowest BCUT2D eigenvalue weighted by atomic mass is 10.1. The molecule has 0 unspecified atom stereocenters. The van der Waals surface area contributed by atoms with E-state index in [1.165, 1.54) is 0 Å². The molecule has 0 saturated carbocycles. The summed E-state index contributed by atoms with van der Waals surface area (Å²) in [5.74, 6) is -0.0279. The molecule has 1 saturated heterocycles. The van der Waals surface area contributed by atoms with Crippen LogP contribution in [0.2, 0.25) is 0 Å². The normalized spacial score (nSPS) is 15.9. The highest BCUT2D eigenvalue weighted by Gasteiger charge is 2.32. The number of benzene rings is 2. The van der Waals surface area contributed by atoms with Crippen molar-refractivity contribution >= 4 is 21.6 Å². The summed E-state index contributed by atoms with van der Waals surface area (Å²) in [6.07, 6.45) is 0.860. The Balaban J connectivity index is 1.61. The Hall–Kier alpha value is -2.22. The third-order valence-corrected chi connectivity index (χ3v) is 7.85. The summed E-state index contributed by atoms with van der Waals surface area (Å²) in [4.78, 5) is 14.1. The highest BCUT2D eigenvalue weighted by atomic mass is 32.2. The van der Waals surface area contributed by atoms with Crippen molar-refractivity contribution in [2.45, 2.75) is 39.0 Å². The first-order valence-electron chi connectivity index (χ1n) is 10.5. The molecule has 1 amide bonds. The van der Waals surface area contributed by atoms with Gasteiger partial charge in [-0.1, -0.05) is 37.3 Å². The molecule has 7 heteroatoms. The first-order chi connectivity index (χ1) is 14.2. The minimum absolute atomic E-state index is 0.0279. The van der Waals surface area contributed by atoms with Crippen molar-refractivity contribution < 1.29 is 18.1 Å². The molecule has 1 heterocycles. The number of nitrogens with one attached hydrogen (secondary N) is 2. The lowest BCUT2D eigenvalue weighted by Crippen LogP contribution is -3.15. The highest BCUT2D eigenvalue weighted by Crippen LogP contribution is 2.22. The van der Waals surface area contributed by atoms with Crippen LogP contribution in [-0.2, 0) is 21.2 Å². The van der Waals surface area contributed by atoms with Crippen LogP contribution in [0.25, 0.3) is 0 Å². The number of aryl methyl sites for hydroxylation is 4. The summed E-state index contributed by atoms with van der Waals surface area (Å²) in [7, 11) is -3.51. The maximum Gasteiger partial charge on any atom is 0.279 e. The number of amides is 1. The molecule has 3 rings (SSSR count). The monoisotopic (exact) mass is 430 g/mol. The van der Waals surface area contributed by atoms with Gasteiger partial charge in [-0.2, -0.15) is 4.31 Å². The number of piperazine rings is 1. The zero-order valence-electron chi connectivity index (χ0n) is 18.3. The van der Waals surface area contributed by atoms with Crippen molar-refractivity contribution in [3.8, 4) is 0 Å². The molecule has 0 bridgehead atoms. The average Bonchev–Trinajstić information content (AvgIpc) is 2.71. The van der Waals surface area contributed by atoms with Gasteiger partial charge in [-0.3, -0.25) is 4.79 Å². The number of carbonyl (C=O) groups is 1. The van der Waals surface area contributed by atoms with Crippen LogP contribution < -0.4 is 10.2 Å². The maximum atomic E-state index is 13.1. The average molecular weight is 431 g/mol. The van der Waals surface area contributed by atoms with Crippen molar-refractivity contribution in [3.63, 3.8) is 0 Å². The second kappa shape index (κ2) is 9.29. The van der Waals surface area contributed by atoms with Gasteiger partial charge < -0.3 is 10.2 Å². The van der Waals surface area contributed by atoms with Gasteiger partial charge in [0.05, 0.1) is 31.1 Å². The van der Waals surface area contributed by atoms with Crippen molar-refractivity contribution in [3.05, 3.63) is 58.7 Å². The van der Waals surface area contributed by atoms with Gasteiger partial charge >= 0.3 is 0 Å². The number of anilines is 1. The molecule has 0 aliphatic carbocycles. The predicted molar refractivity (Wildman–Crippen MR) is 119 cm³/mol. The van der Waals surface area contributed by atoms with Crippen molar-refractivity contribution in [1.29, 1.82) is 0 Å². The Morgan fingerprint density at radius 1 is 1.07 bits per heavy atom. The summed E-state index contributed by atoms with van der Waals surface area (Å²) in [5.41, 5.74) is 4.79. The van der Waals surface area contributed by atoms with E-state index in [2.05, 4.69) is 12.2 Å². The SMILES string of the molecule is CCc1cccc(C)c1NC(=O)C[NH+]1CCN(S(=O)(=O)c2cc(C)ccc2C)CC1. The first-order valence-corrected chi connectivity index (χ1v) is 12.0. The number of sulfonamides is 1. The smallest absolute Gasteiger partial charge is 0.279 e. The number of hydrogen-bond acceptors (Lipinski definition) is 3. The van der Waals surface area contributed by atoms with Crippen molar-refractivity contribution in [2.75, 3.05) is 38.0 Å². The van der Waals surface area contributed by atoms with Gasteiger partial charge in [-0.15, -0.1) is 0 Å². The van der Waals surface area contributed by atoms with E-state index in [9.17, 15) is 13.2 Å². The lowest BCUT2D eigenvalue weighted by Gasteiger charge is -2.31. The number of carbonyl (C=O) groups excluding carboxylic acids is 1. The summed E-state index contributed by atoms with van der Waals surface area (Å²) >= 11 is 0. The van der Waals surface area contributed by atoms with Gasteiger partial charge in [0, 0.05) is 5.69 Å². The Morgan fingerprint density at radius 2 is 1.77 bits per heavy atom. The minimum atomic E-state index is -3.51. The number of para-hydroxylation sites is 1. The quantitative estimate of drug-likeness (QED) is 0.733. The molecule has 1 aliphatic rings. The summed E-state index contributed by atoms with van der Waals surface area (Å²) < 4.78 is 27.7. The van der Waals surface area contributed by atoms with Crippen molar-refractivity contribution in [1.82, 2.24) is 4.31 Å². The molecule has 2 N–H and O–H groups in total. The van der Waals surface area contributed by atoms with E-state index in [1.54, 1.807) is 10.4 Å². The fraction of sp³-hybridized carbons (Fsp3) is 0.435. The predicted octanol–water partition coefficient (Wildman–Crippen LogP) is 1.70. The van der Waals surface area contributed by atoms with E-state index in [0.29, 0.717) is 37.6 Å². The van der Waals surface area contributed by atoms with Crippen LogP contribution in [0.3, 0.4) is 0 Å². The Bertz CT molecular complexity index is 1030. The molecule has 2 aromatic carbocycles. The first kappa shape index (κ1) is 22.5. The van der Waals surface area contributed by atoms with Crippen LogP contribution in [0.15, 0.2) is 41.3 Å². The van der Waals surface area contributed by atoms with Gasteiger partial charge in [0.25, 0.3) is 5.91 Å². The lowest BCUT2D eigenvalue weighted by molar-refractivity contribution is -0.895. The second-order valence-electron chi connectivity index (χ2n) is 8.11. The Labute approximate surface area is 179 Å². The number of rotatable bonds is 6. The third-order valence-electron chi connectivity index (χ3n) is 5.81. The van der Waals surface area contributed by atoms with E-state index in [-0.39, 0.29) is 5.91 Å². The van der Waals surface area contributed by atoms with E-state index in [4.69, 9.17) is 0 Å². The Kier molecular flexibility index (Phi) is 6.95. The Morgan fingerprint density at radius 3 is 2.43 bits per heavy atom. The summed E-state index contributed by atoms with van der Waals surface area (Å²) in [5, 5.41) is 3.07. The minimum Gasteiger partial charge on any atom is -0.325 e. The molecule has 30 heavy (non-hydrogen) atoms. The molecule has 0 radical (unpaired) electrons. The number of hydrogen-bond donors (Lipinski definition) is 2. The van der Waals surface area contributed by atoms with Crippen LogP contribution in [0.5, 0.6) is 0 Å². The second-order valence-corrected chi connectivity index (χ2v) is 10.0. The molecule has 162 valence electrons. The van der Waals surface area contributed by atoms with Crippen LogP contribution in [-0.4, -0.2) is 51.4 Å². The van der Waals surface area contributed by atoms with Gasteiger partial charge in [0.2, 0.25) is 10.0 Å². The molecule has 6 nitrogen and oxygen atoms in total. The number of quaternary nitrogens is 1. The van der Waals surface area contributed by atoms with E-state index >= 15 is 0 Å².